The maximum Gasteiger partial charge on any atom is 0.259 e. The molecule has 3 aromatic rings. The third-order valence-electron chi connectivity index (χ3n) is 4.13. The third kappa shape index (κ3) is 3.80. The van der Waals surface area contributed by atoms with Gasteiger partial charge >= 0.3 is 0 Å². The lowest BCUT2D eigenvalue weighted by atomic mass is 10.1. The van der Waals surface area contributed by atoms with Crippen LogP contribution in [0.2, 0.25) is 0 Å². The van der Waals surface area contributed by atoms with Crippen LogP contribution in [0.3, 0.4) is 0 Å². The molecule has 0 radical (unpaired) electrons. The first-order chi connectivity index (χ1) is 12.6. The second kappa shape index (κ2) is 7.65. The summed E-state index contributed by atoms with van der Waals surface area (Å²) in [6.45, 7) is 2.61. The molecule has 2 amide bonds. The summed E-state index contributed by atoms with van der Waals surface area (Å²) in [6.07, 6.45) is 2.28. The van der Waals surface area contributed by atoms with Crippen LogP contribution < -0.4 is 11.1 Å². The van der Waals surface area contributed by atoms with E-state index in [1.54, 1.807) is 30.5 Å². The summed E-state index contributed by atoms with van der Waals surface area (Å²) in [5.41, 5.74) is 8.76. The number of carbonyl (C=O) groups is 2. The topological polar surface area (TPSA) is 90.0 Å². The van der Waals surface area contributed by atoms with Crippen molar-refractivity contribution in [3.05, 3.63) is 83.2 Å². The number of carbonyl (C=O) groups excluding carboxylic acids is 2. The quantitative estimate of drug-likeness (QED) is 0.718. The standard InChI is InChI=1S/C20H20N4O2/c1-2-18-17(12-22-24(18)13-14-6-4-3-5-7-14)20(26)23-16-10-8-15(9-11-16)19(21)25/h3-12H,2,13H2,1H3,(H2,21,25)(H,23,26). The van der Waals surface area contributed by atoms with Gasteiger partial charge in [0.1, 0.15) is 0 Å². The Kier molecular flexibility index (Phi) is 5.12. The van der Waals surface area contributed by atoms with Crippen molar-refractivity contribution in [2.75, 3.05) is 5.32 Å². The lowest BCUT2D eigenvalue weighted by Gasteiger charge is -2.09. The van der Waals surface area contributed by atoms with Gasteiger partial charge in [-0.3, -0.25) is 14.3 Å². The minimum Gasteiger partial charge on any atom is -0.366 e. The predicted octanol–water partition coefficient (Wildman–Crippen LogP) is 2.85. The van der Waals surface area contributed by atoms with E-state index in [9.17, 15) is 9.59 Å². The molecule has 1 aromatic heterocycles. The summed E-state index contributed by atoms with van der Waals surface area (Å²) in [6, 6.07) is 16.4. The fourth-order valence-corrected chi connectivity index (χ4v) is 2.78. The van der Waals surface area contributed by atoms with Crippen LogP contribution in [0, 0.1) is 0 Å². The molecular weight excluding hydrogens is 328 g/mol. The van der Waals surface area contributed by atoms with E-state index in [-0.39, 0.29) is 5.91 Å². The average molecular weight is 348 g/mol. The number of benzene rings is 2. The highest BCUT2D eigenvalue weighted by atomic mass is 16.2. The Morgan fingerprint density at radius 2 is 1.77 bits per heavy atom. The van der Waals surface area contributed by atoms with Crippen molar-refractivity contribution >= 4 is 17.5 Å². The van der Waals surface area contributed by atoms with E-state index >= 15 is 0 Å². The highest BCUT2D eigenvalue weighted by molar-refractivity contribution is 6.05. The van der Waals surface area contributed by atoms with Crippen LogP contribution >= 0.6 is 0 Å². The van der Waals surface area contributed by atoms with Crippen LogP contribution in [0.25, 0.3) is 0 Å². The van der Waals surface area contributed by atoms with Crippen LogP contribution in [-0.4, -0.2) is 21.6 Å². The zero-order chi connectivity index (χ0) is 18.5. The molecule has 6 nitrogen and oxygen atoms in total. The smallest absolute Gasteiger partial charge is 0.259 e. The van der Waals surface area contributed by atoms with E-state index in [2.05, 4.69) is 10.4 Å². The van der Waals surface area contributed by atoms with Crippen LogP contribution in [0.15, 0.2) is 60.8 Å². The molecule has 2 aromatic carbocycles. The Morgan fingerprint density at radius 3 is 2.38 bits per heavy atom. The number of aromatic nitrogens is 2. The Labute approximate surface area is 151 Å². The van der Waals surface area contributed by atoms with Gasteiger partial charge in [-0.1, -0.05) is 37.3 Å². The molecule has 0 aliphatic carbocycles. The van der Waals surface area contributed by atoms with Gasteiger partial charge in [0.05, 0.1) is 24.0 Å². The van der Waals surface area contributed by atoms with Gasteiger partial charge < -0.3 is 11.1 Å². The first-order valence-corrected chi connectivity index (χ1v) is 8.38. The van der Waals surface area contributed by atoms with Gasteiger partial charge in [-0.05, 0) is 36.2 Å². The Morgan fingerprint density at radius 1 is 1.08 bits per heavy atom. The van der Waals surface area contributed by atoms with Crippen LogP contribution in [-0.2, 0) is 13.0 Å². The highest BCUT2D eigenvalue weighted by Gasteiger charge is 2.16. The number of hydrogen-bond donors (Lipinski definition) is 2. The fraction of sp³-hybridized carbons (Fsp3) is 0.150. The number of anilines is 1. The Balaban J connectivity index is 1.78. The summed E-state index contributed by atoms with van der Waals surface area (Å²) < 4.78 is 1.85. The molecule has 0 unspecified atom stereocenters. The molecule has 3 rings (SSSR count). The first kappa shape index (κ1) is 17.4. The number of nitrogens with one attached hydrogen (secondary N) is 1. The molecule has 0 bridgehead atoms. The lowest BCUT2D eigenvalue weighted by Crippen LogP contribution is -2.15. The molecule has 0 spiro atoms. The van der Waals surface area contributed by atoms with Gasteiger partial charge in [-0.25, -0.2) is 0 Å². The van der Waals surface area contributed by atoms with Gasteiger partial charge in [-0.2, -0.15) is 5.10 Å². The molecule has 6 heteroatoms. The number of amides is 2. The zero-order valence-electron chi connectivity index (χ0n) is 14.5. The van der Waals surface area contributed by atoms with Crippen molar-refractivity contribution in [1.82, 2.24) is 9.78 Å². The molecule has 0 aliphatic rings. The Bertz CT molecular complexity index is 915. The van der Waals surface area contributed by atoms with E-state index in [0.29, 0.717) is 29.8 Å². The molecule has 1 heterocycles. The SMILES string of the molecule is CCc1c(C(=O)Nc2ccc(C(N)=O)cc2)cnn1Cc1ccccc1. The number of nitrogens with zero attached hydrogens (tertiary/aromatic N) is 2. The second-order valence-electron chi connectivity index (χ2n) is 5.90. The van der Waals surface area contributed by atoms with Crippen molar-refractivity contribution in [2.24, 2.45) is 5.73 Å². The van der Waals surface area contributed by atoms with Crippen molar-refractivity contribution in [1.29, 1.82) is 0 Å². The van der Waals surface area contributed by atoms with E-state index in [0.717, 1.165) is 11.3 Å². The normalized spacial score (nSPS) is 10.5. The minimum atomic E-state index is -0.502. The van der Waals surface area contributed by atoms with Crippen LogP contribution in [0.4, 0.5) is 5.69 Å². The number of rotatable bonds is 6. The van der Waals surface area contributed by atoms with Gasteiger partial charge in [0.15, 0.2) is 0 Å². The zero-order valence-corrected chi connectivity index (χ0v) is 14.5. The average Bonchev–Trinajstić information content (AvgIpc) is 3.05. The molecule has 0 atom stereocenters. The van der Waals surface area contributed by atoms with Gasteiger partial charge in [0.25, 0.3) is 5.91 Å². The van der Waals surface area contributed by atoms with Gasteiger partial charge in [-0.15, -0.1) is 0 Å². The van der Waals surface area contributed by atoms with E-state index in [1.807, 2.05) is 41.9 Å². The summed E-state index contributed by atoms with van der Waals surface area (Å²) in [5.74, 6) is -0.730. The first-order valence-electron chi connectivity index (χ1n) is 8.38. The highest BCUT2D eigenvalue weighted by Crippen LogP contribution is 2.16. The third-order valence-corrected chi connectivity index (χ3v) is 4.13. The molecule has 0 fully saturated rings. The maximum atomic E-state index is 12.6. The summed E-state index contributed by atoms with van der Waals surface area (Å²) in [4.78, 5) is 23.7. The largest absolute Gasteiger partial charge is 0.366 e. The number of hydrogen-bond acceptors (Lipinski definition) is 3. The van der Waals surface area contributed by atoms with Crippen LogP contribution in [0.1, 0.15) is 38.9 Å². The Hall–Kier alpha value is -3.41. The molecule has 0 saturated carbocycles. The molecule has 132 valence electrons. The van der Waals surface area contributed by atoms with Crippen molar-refractivity contribution in [2.45, 2.75) is 19.9 Å². The number of primary amides is 1. The van der Waals surface area contributed by atoms with Gasteiger partial charge in [0.2, 0.25) is 5.91 Å². The second-order valence-corrected chi connectivity index (χ2v) is 5.90. The van der Waals surface area contributed by atoms with E-state index in [4.69, 9.17) is 5.73 Å². The summed E-state index contributed by atoms with van der Waals surface area (Å²) in [5, 5.41) is 7.21. The maximum absolute atomic E-state index is 12.6. The van der Waals surface area contributed by atoms with Crippen LogP contribution in [0.5, 0.6) is 0 Å². The molecule has 0 saturated heterocycles. The van der Waals surface area contributed by atoms with E-state index in [1.165, 1.54) is 0 Å². The summed E-state index contributed by atoms with van der Waals surface area (Å²) >= 11 is 0. The molecule has 26 heavy (non-hydrogen) atoms. The minimum absolute atomic E-state index is 0.229. The fourth-order valence-electron chi connectivity index (χ4n) is 2.78. The molecule has 0 aliphatic heterocycles. The van der Waals surface area contributed by atoms with E-state index < -0.39 is 5.91 Å². The summed E-state index contributed by atoms with van der Waals surface area (Å²) in [7, 11) is 0. The monoisotopic (exact) mass is 348 g/mol. The predicted molar refractivity (Wildman–Crippen MR) is 100 cm³/mol. The van der Waals surface area contributed by atoms with Crippen molar-refractivity contribution < 1.29 is 9.59 Å². The van der Waals surface area contributed by atoms with Gasteiger partial charge in [0, 0.05) is 11.3 Å². The van der Waals surface area contributed by atoms with Crippen molar-refractivity contribution in [3.63, 3.8) is 0 Å². The number of nitrogens with two attached hydrogens (primary N) is 1. The van der Waals surface area contributed by atoms with Crippen molar-refractivity contribution in [3.8, 4) is 0 Å². The molecule has 3 N–H and O–H groups in total. The molecular formula is C20H20N4O2. The lowest BCUT2D eigenvalue weighted by molar-refractivity contribution is 0.0998.